The molecule has 1 aromatic carbocycles. The second-order valence-electron chi connectivity index (χ2n) is 2.87. The summed E-state index contributed by atoms with van der Waals surface area (Å²) in [5.41, 5.74) is 0. The third kappa shape index (κ3) is 0.956. The fourth-order valence-corrected chi connectivity index (χ4v) is 2.51. The van der Waals surface area contributed by atoms with Gasteiger partial charge in [-0.05, 0) is 18.2 Å². The average molecular weight is 184 g/mol. The molecule has 0 N–H and O–H groups in total. The van der Waals surface area contributed by atoms with Crippen molar-refractivity contribution >= 4 is 31.6 Å². The molecule has 0 saturated heterocycles. The zero-order valence-corrected chi connectivity index (χ0v) is 7.64. The molecule has 0 aliphatic carbocycles. The van der Waals surface area contributed by atoms with Crippen LogP contribution in [0.2, 0.25) is 0 Å². The van der Waals surface area contributed by atoms with Crippen molar-refractivity contribution in [2.24, 2.45) is 0 Å². The Bertz CT molecular complexity index is 518. The summed E-state index contributed by atoms with van der Waals surface area (Å²) in [5, 5.41) is 2.40. The molecule has 13 heavy (non-hydrogen) atoms. The Hall–Kier alpha value is -1.41. The minimum Gasteiger partial charge on any atom is -0.245 e. The molecule has 0 bridgehead atoms. The lowest BCUT2D eigenvalue weighted by Crippen LogP contribution is -1.68. The van der Waals surface area contributed by atoms with Gasteiger partial charge in [0.15, 0.2) is 0 Å². The van der Waals surface area contributed by atoms with E-state index >= 15 is 0 Å². The van der Waals surface area contributed by atoms with Gasteiger partial charge in [0.1, 0.15) is 4.83 Å². The zero-order chi connectivity index (χ0) is 8.67. The van der Waals surface area contributed by atoms with Crippen molar-refractivity contribution in [3.8, 4) is 0 Å². The zero-order valence-electron chi connectivity index (χ0n) is 6.82. The van der Waals surface area contributed by atoms with Crippen LogP contribution in [0.3, 0.4) is 0 Å². The fraction of sp³-hybridized carbons (Fsp3) is 0. The third-order valence-corrected chi connectivity index (χ3v) is 3.15. The molecule has 0 aliphatic heterocycles. The number of rotatable bonds is 0. The molecule has 3 aromatic rings. The summed E-state index contributed by atoms with van der Waals surface area (Å²) >= 11 is 1.72. The van der Waals surface area contributed by atoms with E-state index in [9.17, 15) is 0 Å². The van der Waals surface area contributed by atoms with E-state index in [1.165, 1.54) is 10.1 Å². The summed E-state index contributed by atoms with van der Waals surface area (Å²) in [6.07, 6.45) is 1.79. The highest BCUT2D eigenvalue weighted by molar-refractivity contribution is 7.25. The predicted molar refractivity (Wildman–Crippen MR) is 56.0 cm³/mol. The smallest absolute Gasteiger partial charge is 0.125 e. The first-order chi connectivity index (χ1) is 6.45. The molecule has 0 atom stereocenters. The Morgan fingerprint density at radius 1 is 1.23 bits per heavy atom. The van der Waals surface area contributed by atoms with Gasteiger partial charge < -0.3 is 0 Å². The van der Waals surface area contributed by atoms with Crippen LogP contribution in [0, 0.1) is 6.07 Å². The van der Waals surface area contributed by atoms with Gasteiger partial charge in [0.2, 0.25) is 0 Å². The van der Waals surface area contributed by atoms with Gasteiger partial charge in [0.05, 0.1) is 0 Å². The summed E-state index contributed by atoms with van der Waals surface area (Å²) in [6, 6.07) is 13.4. The van der Waals surface area contributed by atoms with Crippen molar-refractivity contribution in [3.63, 3.8) is 0 Å². The third-order valence-electron chi connectivity index (χ3n) is 2.07. The number of pyridine rings is 1. The Balaban J connectivity index is 2.64. The highest BCUT2D eigenvalue weighted by atomic mass is 32.1. The predicted octanol–water partition coefficient (Wildman–Crippen LogP) is 3.25. The number of nitrogens with zero attached hydrogens (tertiary/aromatic N) is 1. The van der Waals surface area contributed by atoms with Crippen LogP contribution in [0.15, 0.2) is 36.5 Å². The van der Waals surface area contributed by atoms with Gasteiger partial charge in [0.25, 0.3) is 0 Å². The van der Waals surface area contributed by atoms with Crippen molar-refractivity contribution < 1.29 is 0 Å². The van der Waals surface area contributed by atoms with Gasteiger partial charge >= 0.3 is 0 Å². The van der Waals surface area contributed by atoms with Crippen LogP contribution >= 0.6 is 11.3 Å². The van der Waals surface area contributed by atoms with Crippen molar-refractivity contribution in [1.29, 1.82) is 0 Å². The summed E-state index contributed by atoms with van der Waals surface area (Å²) < 4.78 is 1.28. The van der Waals surface area contributed by atoms with E-state index in [-0.39, 0.29) is 0 Å². The first-order valence-corrected chi connectivity index (χ1v) is 4.91. The van der Waals surface area contributed by atoms with Crippen LogP contribution in [0.1, 0.15) is 0 Å². The molecular formula is C11H6NS. The van der Waals surface area contributed by atoms with Crippen LogP contribution in [0.5, 0.6) is 0 Å². The van der Waals surface area contributed by atoms with Gasteiger partial charge in [-0.3, -0.25) is 0 Å². The standard InChI is InChI=1S/C11H6NS/c1-2-6-10-8(4-1)9-5-3-7-12-11(9)13-10/h1-4,6-7H. The van der Waals surface area contributed by atoms with Gasteiger partial charge in [-0.15, -0.1) is 11.3 Å². The summed E-state index contributed by atoms with van der Waals surface area (Å²) in [7, 11) is 0. The molecule has 1 radical (unpaired) electrons. The lowest BCUT2D eigenvalue weighted by Gasteiger charge is -1.87. The molecule has 0 aliphatic rings. The maximum atomic E-state index is 4.31. The Kier molecular flexibility index (Phi) is 1.37. The maximum absolute atomic E-state index is 4.31. The van der Waals surface area contributed by atoms with Crippen LogP contribution in [0.25, 0.3) is 20.3 Å². The van der Waals surface area contributed by atoms with Crippen molar-refractivity contribution in [3.05, 3.63) is 42.6 Å². The molecule has 0 saturated carbocycles. The monoisotopic (exact) mass is 184 g/mol. The van der Waals surface area contributed by atoms with Crippen molar-refractivity contribution in [2.75, 3.05) is 0 Å². The van der Waals surface area contributed by atoms with Crippen LogP contribution in [-0.4, -0.2) is 4.98 Å². The molecule has 1 nitrogen and oxygen atoms in total. The second kappa shape index (κ2) is 2.54. The van der Waals surface area contributed by atoms with Gasteiger partial charge in [-0.2, -0.15) is 0 Å². The SMILES string of the molecule is [c]1ccnc2sc3ccccc3c12. The normalized spacial score (nSPS) is 11.1. The minimum atomic E-state index is 1.07. The Morgan fingerprint density at radius 3 is 3.15 bits per heavy atom. The fourth-order valence-electron chi connectivity index (χ4n) is 1.49. The maximum Gasteiger partial charge on any atom is 0.125 e. The molecular weight excluding hydrogens is 178 g/mol. The van der Waals surface area contributed by atoms with Crippen LogP contribution in [0.4, 0.5) is 0 Å². The molecule has 0 amide bonds. The van der Waals surface area contributed by atoms with Gasteiger partial charge in [0, 0.05) is 21.7 Å². The number of aromatic nitrogens is 1. The Labute approximate surface area is 79.7 Å². The largest absolute Gasteiger partial charge is 0.245 e. The topological polar surface area (TPSA) is 12.9 Å². The van der Waals surface area contributed by atoms with E-state index in [0.717, 1.165) is 10.2 Å². The van der Waals surface area contributed by atoms with Gasteiger partial charge in [-0.25, -0.2) is 4.98 Å². The Morgan fingerprint density at radius 2 is 2.15 bits per heavy atom. The van der Waals surface area contributed by atoms with Crippen molar-refractivity contribution in [2.45, 2.75) is 0 Å². The van der Waals surface area contributed by atoms with Crippen molar-refractivity contribution in [1.82, 2.24) is 4.98 Å². The quantitative estimate of drug-likeness (QED) is 0.522. The van der Waals surface area contributed by atoms with E-state index < -0.39 is 0 Å². The summed E-state index contributed by atoms with van der Waals surface area (Å²) in [5.74, 6) is 0. The highest BCUT2D eigenvalue weighted by Gasteiger charge is 2.02. The van der Waals surface area contributed by atoms with E-state index in [1.54, 1.807) is 17.5 Å². The molecule has 3 rings (SSSR count). The van der Waals surface area contributed by atoms with E-state index in [4.69, 9.17) is 0 Å². The summed E-state index contributed by atoms with van der Waals surface area (Å²) in [6.45, 7) is 0. The molecule has 0 spiro atoms. The first kappa shape index (κ1) is 7.04. The number of benzene rings is 1. The number of hydrogen-bond donors (Lipinski definition) is 0. The molecule has 0 fully saturated rings. The molecule has 2 heteroatoms. The number of thiophene rings is 1. The lowest BCUT2D eigenvalue weighted by atomic mass is 10.2. The molecule has 2 heterocycles. The highest BCUT2D eigenvalue weighted by Crippen LogP contribution is 2.31. The number of hydrogen-bond acceptors (Lipinski definition) is 2. The minimum absolute atomic E-state index is 1.07. The molecule has 61 valence electrons. The summed E-state index contributed by atoms with van der Waals surface area (Å²) in [4.78, 5) is 5.38. The van der Waals surface area contributed by atoms with E-state index in [1.807, 2.05) is 6.07 Å². The number of fused-ring (bicyclic) bond motifs is 3. The molecule has 0 unspecified atom stereocenters. The van der Waals surface area contributed by atoms with Crippen LogP contribution < -0.4 is 0 Å². The molecule has 2 aromatic heterocycles. The average Bonchev–Trinajstić information content (AvgIpc) is 2.56. The lowest BCUT2D eigenvalue weighted by molar-refractivity contribution is 1.45. The first-order valence-electron chi connectivity index (χ1n) is 4.09. The van der Waals surface area contributed by atoms with E-state index in [2.05, 4.69) is 35.3 Å². The van der Waals surface area contributed by atoms with Gasteiger partial charge in [-0.1, -0.05) is 18.2 Å². The van der Waals surface area contributed by atoms with E-state index in [0.29, 0.717) is 0 Å². The van der Waals surface area contributed by atoms with Crippen LogP contribution in [-0.2, 0) is 0 Å². The second-order valence-corrected chi connectivity index (χ2v) is 3.90.